The summed E-state index contributed by atoms with van der Waals surface area (Å²) in [6.45, 7) is 3.15. The zero-order valence-electron chi connectivity index (χ0n) is 19.7. The van der Waals surface area contributed by atoms with Crippen LogP contribution in [0.3, 0.4) is 0 Å². The van der Waals surface area contributed by atoms with Gasteiger partial charge in [0, 0.05) is 62.7 Å². The summed E-state index contributed by atoms with van der Waals surface area (Å²) in [5.41, 5.74) is 2.58. The van der Waals surface area contributed by atoms with E-state index in [4.69, 9.17) is 4.74 Å². The van der Waals surface area contributed by atoms with E-state index in [1.807, 2.05) is 19.1 Å². The number of ether oxygens (including phenoxy) is 1. The normalized spacial score (nSPS) is 20.3. The fourth-order valence-electron chi connectivity index (χ4n) is 5.15. The maximum Gasteiger partial charge on any atom is 0.261 e. The zero-order chi connectivity index (χ0) is 24.6. The predicted octanol–water partition coefficient (Wildman–Crippen LogP) is 1.48. The van der Waals surface area contributed by atoms with Crippen molar-refractivity contribution in [1.82, 2.24) is 14.6 Å². The molecular formula is C25H31N5O5. The SMILES string of the molecule is C[C@]1(CO)Cc2cc(NC(=O)c3cnn4cccnc34)c(N3CCC(C(CO)CO)CC3)cc2O1. The summed E-state index contributed by atoms with van der Waals surface area (Å²) in [5, 5.41) is 36.3. The quantitative estimate of drug-likeness (QED) is 0.399. The number of hydrogen-bond acceptors (Lipinski definition) is 8. The average molecular weight is 482 g/mol. The van der Waals surface area contributed by atoms with Crippen molar-refractivity contribution in [2.24, 2.45) is 11.8 Å². The maximum atomic E-state index is 13.3. The van der Waals surface area contributed by atoms with Crippen molar-refractivity contribution < 1.29 is 24.9 Å². The molecule has 2 aliphatic heterocycles. The van der Waals surface area contributed by atoms with E-state index in [0.29, 0.717) is 29.1 Å². The molecule has 5 rings (SSSR count). The number of rotatable bonds is 7. The van der Waals surface area contributed by atoms with Crippen molar-refractivity contribution in [1.29, 1.82) is 0 Å². The first-order valence-electron chi connectivity index (χ1n) is 12.0. The summed E-state index contributed by atoms with van der Waals surface area (Å²) >= 11 is 0. The predicted molar refractivity (Wildman–Crippen MR) is 130 cm³/mol. The van der Waals surface area contributed by atoms with Gasteiger partial charge in [-0.05, 0) is 37.8 Å². The number of aliphatic hydroxyl groups excluding tert-OH is 3. The average Bonchev–Trinajstić information content (AvgIpc) is 3.45. The van der Waals surface area contributed by atoms with E-state index in [1.165, 1.54) is 6.20 Å². The van der Waals surface area contributed by atoms with Crippen LogP contribution in [0, 0.1) is 11.8 Å². The van der Waals surface area contributed by atoms with Crippen molar-refractivity contribution in [3.63, 3.8) is 0 Å². The van der Waals surface area contributed by atoms with Crippen molar-refractivity contribution in [3.8, 4) is 5.75 Å². The number of nitrogens with one attached hydrogen (secondary N) is 1. The summed E-state index contributed by atoms with van der Waals surface area (Å²) < 4.78 is 7.64. The lowest BCUT2D eigenvalue weighted by atomic mass is 9.85. The third kappa shape index (κ3) is 4.44. The molecule has 0 saturated carbocycles. The topological polar surface area (TPSA) is 132 Å². The highest BCUT2D eigenvalue weighted by molar-refractivity contribution is 6.09. The molecule has 0 radical (unpaired) electrons. The van der Waals surface area contributed by atoms with Crippen LogP contribution in [-0.4, -0.2) is 74.3 Å². The Labute approximate surface area is 203 Å². The van der Waals surface area contributed by atoms with Gasteiger partial charge in [-0.15, -0.1) is 0 Å². The molecule has 1 saturated heterocycles. The Morgan fingerprint density at radius 1 is 1.26 bits per heavy atom. The number of hydrogen-bond donors (Lipinski definition) is 4. The molecule has 4 heterocycles. The van der Waals surface area contributed by atoms with Crippen LogP contribution in [0.4, 0.5) is 11.4 Å². The molecule has 0 spiro atoms. The summed E-state index contributed by atoms with van der Waals surface area (Å²) in [5.74, 6) is 0.526. The Balaban J connectivity index is 1.45. The van der Waals surface area contributed by atoms with Crippen LogP contribution in [0.25, 0.3) is 5.65 Å². The molecule has 186 valence electrons. The van der Waals surface area contributed by atoms with Gasteiger partial charge in [0.2, 0.25) is 0 Å². The van der Waals surface area contributed by atoms with Gasteiger partial charge < -0.3 is 30.3 Å². The van der Waals surface area contributed by atoms with Gasteiger partial charge in [-0.1, -0.05) is 0 Å². The first kappa shape index (κ1) is 23.5. The molecule has 0 bridgehead atoms. The van der Waals surface area contributed by atoms with Crippen molar-refractivity contribution in [2.75, 3.05) is 43.1 Å². The van der Waals surface area contributed by atoms with Crippen molar-refractivity contribution >= 4 is 22.9 Å². The Kier molecular flexibility index (Phi) is 6.35. The largest absolute Gasteiger partial charge is 0.484 e. The summed E-state index contributed by atoms with van der Waals surface area (Å²) in [4.78, 5) is 19.8. The van der Waals surface area contributed by atoms with E-state index < -0.39 is 5.60 Å². The number of anilines is 2. The molecule has 10 nitrogen and oxygen atoms in total. The van der Waals surface area contributed by atoms with Gasteiger partial charge in [0.25, 0.3) is 5.91 Å². The first-order valence-corrected chi connectivity index (χ1v) is 12.0. The van der Waals surface area contributed by atoms with Crippen molar-refractivity contribution in [2.45, 2.75) is 31.8 Å². The Hall–Kier alpha value is -3.21. The van der Waals surface area contributed by atoms with E-state index in [-0.39, 0.29) is 37.6 Å². The standard InChI is InChI=1S/C25H31N5O5/c1-25(15-33)11-17-9-20(28-24(34)19-12-27-30-6-2-5-26-23(19)30)21(10-22(17)35-25)29-7-3-16(4-8-29)18(13-31)14-32/h2,5-6,9-10,12,16,18,31-33H,3-4,7-8,11,13-15H2,1H3,(H,28,34)/t25-/m1/s1. The minimum absolute atomic E-state index is 0.0252. The number of carbonyl (C=O) groups excluding carboxylic acids is 1. The van der Waals surface area contributed by atoms with Crippen LogP contribution in [0.15, 0.2) is 36.8 Å². The van der Waals surface area contributed by atoms with E-state index >= 15 is 0 Å². The lowest BCUT2D eigenvalue weighted by molar-refractivity contribution is 0.0447. The number of piperidine rings is 1. The third-order valence-corrected chi connectivity index (χ3v) is 7.22. The lowest BCUT2D eigenvalue weighted by Gasteiger charge is -2.37. The summed E-state index contributed by atoms with van der Waals surface area (Å²) in [6, 6.07) is 5.62. The Morgan fingerprint density at radius 3 is 2.74 bits per heavy atom. The molecule has 10 heteroatoms. The minimum atomic E-state index is -0.697. The molecule has 35 heavy (non-hydrogen) atoms. The molecule has 3 aromatic rings. The highest BCUT2D eigenvalue weighted by atomic mass is 16.5. The fourth-order valence-corrected chi connectivity index (χ4v) is 5.15. The summed E-state index contributed by atoms with van der Waals surface area (Å²) in [7, 11) is 0. The number of carbonyl (C=O) groups is 1. The van der Waals surface area contributed by atoms with Gasteiger partial charge in [0.05, 0.1) is 24.2 Å². The first-order chi connectivity index (χ1) is 16.9. The van der Waals surface area contributed by atoms with Crippen LogP contribution in [0.5, 0.6) is 5.75 Å². The second-order valence-corrected chi connectivity index (χ2v) is 9.71. The second kappa shape index (κ2) is 9.44. The van der Waals surface area contributed by atoms with Crippen molar-refractivity contribution in [3.05, 3.63) is 47.9 Å². The Morgan fingerprint density at radius 2 is 2.03 bits per heavy atom. The summed E-state index contributed by atoms with van der Waals surface area (Å²) in [6.07, 6.45) is 7.05. The molecule has 2 aromatic heterocycles. The molecule has 2 aliphatic rings. The smallest absolute Gasteiger partial charge is 0.261 e. The van der Waals surface area contributed by atoms with Gasteiger partial charge in [0.15, 0.2) is 5.65 Å². The molecular weight excluding hydrogens is 450 g/mol. The number of aromatic nitrogens is 3. The fraction of sp³-hybridized carbons (Fsp3) is 0.480. The van der Waals surface area contributed by atoms with E-state index in [9.17, 15) is 20.1 Å². The number of amides is 1. The van der Waals surface area contributed by atoms with Crippen LogP contribution >= 0.6 is 0 Å². The minimum Gasteiger partial charge on any atom is -0.484 e. The second-order valence-electron chi connectivity index (χ2n) is 9.71. The Bertz CT molecular complexity index is 1220. The number of nitrogens with zero attached hydrogens (tertiary/aromatic N) is 4. The van der Waals surface area contributed by atoms with Gasteiger partial charge in [0.1, 0.15) is 16.9 Å². The van der Waals surface area contributed by atoms with Gasteiger partial charge in [-0.25, -0.2) is 9.50 Å². The third-order valence-electron chi connectivity index (χ3n) is 7.22. The molecule has 1 amide bonds. The number of fused-ring (bicyclic) bond motifs is 2. The molecule has 0 unspecified atom stereocenters. The van der Waals surface area contributed by atoms with Gasteiger partial charge >= 0.3 is 0 Å². The maximum absolute atomic E-state index is 13.3. The molecule has 1 aromatic carbocycles. The van der Waals surface area contributed by atoms with Crippen LogP contribution in [-0.2, 0) is 6.42 Å². The highest BCUT2D eigenvalue weighted by Crippen LogP contribution is 2.43. The monoisotopic (exact) mass is 481 g/mol. The molecule has 1 fully saturated rings. The molecule has 4 N–H and O–H groups in total. The van der Waals surface area contributed by atoms with Gasteiger partial charge in [-0.3, -0.25) is 4.79 Å². The van der Waals surface area contributed by atoms with Crippen LogP contribution in [0.1, 0.15) is 35.7 Å². The number of benzene rings is 1. The zero-order valence-corrected chi connectivity index (χ0v) is 19.7. The van der Waals surface area contributed by atoms with Gasteiger partial charge in [-0.2, -0.15) is 5.10 Å². The van der Waals surface area contributed by atoms with Crippen LogP contribution in [0.2, 0.25) is 0 Å². The molecule has 1 atom stereocenters. The number of aliphatic hydroxyl groups is 3. The highest BCUT2D eigenvalue weighted by Gasteiger charge is 2.36. The lowest BCUT2D eigenvalue weighted by Crippen LogP contribution is -2.38. The van der Waals surface area contributed by atoms with Crippen LogP contribution < -0.4 is 15.0 Å². The van der Waals surface area contributed by atoms with E-state index in [1.54, 1.807) is 23.0 Å². The van der Waals surface area contributed by atoms with E-state index in [2.05, 4.69) is 20.3 Å². The molecule has 0 aliphatic carbocycles. The van der Waals surface area contributed by atoms with E-state index in [0.717, 1.165) is 37.2 Å².